The number of benzene rings is 1. The van der Waals surface area contributed by atoms with Crippen molar-refractivity contribution in [1.29, 1.82) is 0 Å². The topological polar surface area (TPSA) is 24.5 Å². The second-order valence-corrected chi connectivity index (χ2v) is 6.39. The molecule has 0 amide bonds. The van der Waals surface area contributed by atoms with Crippen LogP contribution in [0.25, 0.3) is 0 Å². The molecule has 2 unspecified atom stereocenters. The Morgan fingerprint density at radius 2 is 1.81 bits per heavy atom. The maximum atomic E-state index is 6.16. The number of rotatable bonds is 7. The van der Waals surface area contributed by atoms with Gasteiger partial charge in [-0.2, -0.15) is 0 Å². The van der Waals surface area contributed by atoms with E-state index < -0.39 is 0 Å². The molecule has 0 spiro atoms. The molecule has 0 bridgehead atoms. The summed E-state index contributed by atoms with van der Waals surface area (Å²) in [4.78, 5) is 2.33. The van der Waals surface area contributed by atoms with Gasteiger partial charge in [-0.1, -0.05) is 13.0 Å². The minimum Gasteiger partial charge on any atom is -0.372 e. The summed E-state index contributed by atoms with van der Waals surface area (Å²) in [6, 6.07) is 6.73. The average Bonchev–Trinajstić information content (AvgIpc) is 2.85. The van der Waals surface area contributed by atoms with Crippen LogP contribution in [0.5, 0.6) is 0 Å². The molecule has 3 nitrogen and oxygen atoms in total. The Bertz CT molecular complexity index is 427. The van der Waals surface area contributed by atoms with Crippen molar-refractivity contribution in [2.45, 2.75) is 52.2 Å². The van der Waals surface area contributed by atoms with Crippen LogP contribution in [0.2, 0.25) is 0 Å². The molecule has 1 N–H and O–H groups in total. The highest BCUT2D eigenvalue weighted by Gasteiger charge is 2.25. The van der Waals surface area contributed by atoms with E-state index in [1.165, 1.54) is 36.1 Å². The summed E-state index contributed by atoms with van der Waals surface area (Å²) >= 11 is 0. The lowest BCUT2D eigenvalue weighted by atomic mass is 10.1. The Balaban J connectivity index is 1.82. The molecule has 0 aliphatic carbocycles. The number of ether oxygens (including phenoxy) is 1. The molecule has 1 aliphatic heterocycles. The van der Waals surface area contributed by atoms with Crippen LogP contribution >= 0.6 is 0 Å². The molecule has 1 aliphatic rings. The molecule has 0 radical (unpaired) electrons. The van der Waals surface area contributed by atoms with E-state index in [1.54, 1.807) is 0 Å². The van der Waals surface area contributed by atoms with Gasteiger partial charge in [-0.3, -0.25) is 0 Å². The third-order valence-corrected chi connectivity index (χ3v) is 4.12. The molecule has 1 fully saturated rings. The predicted octanol–water partition coefficient (Wildman–Crippen LogP) is 3.29. The molecule has 118 valence electrons. The number of aryl methyl sites for hydroxylation is 2. The summed E-state index contributed by atoms with van der Waals surface area (Å²) in [5, 5.41) is 3.46. The number of anilines is 1. The van der Waals surface area contributed by atoms with Gasteiger partial charge in [0.15, 0.2) is 0 Å². The highest BCUT2D eigenvalue weighted by atomic mass is 16.5. The molecule has 1 saturated heterocycles. The zero-order valence-corrected chi connectivity index (χ0v) is 14.0. The predicted molar refractivity (Wildman–Crippen MR) is 90.2 cm³/mol. The lowest BCUT2D eigenvalue weighted by Crippen LogP contribution is -2.32. The van der Waals surface area contributed by atoms with Crippen LogP contribution in [0.1, 0.15) is 37.3 Å². The van der Waals surface area contributed by atoms with Gasteiger partial charge < -0.3 is 15.0 Å². The molecule has 1 aromatic carbocycles. The molecule has 1 aromatic rings. The fraction of sp³-hybridized carbons (Fsp3) is 0.667. The van der Waals surface area contributed by atoms with Gasteiger partial charge in [0.25, 0.3) is 0 Å². The van der Waals surface area contributed by atoms with Crippen LogP contribution in [-0.4, -0.2) is 38.9 Å². The van der Waals surface area contributed by atoms with E-state index in [2.05, 4.69) is 56.2 Å². The first kappa shape index (κ1) is 16.3. The summed E-state index contributed by atoms with van der Waals surface area (Å²) in [6.45, 7) is 9.58. The van der Waals surface area contributed by atoms with Gasteiger partial charge >= 0.3 is 0 Å². The maximum Gasteiger partial charge on any atom is 0.0755 e. The van der Waals surface area contributed by atoms with Crippen molar-refractivity contribution in [2.24, 2.45) is 0 Å². The number of likely N-dealkylation sites (N-methyl/N-ethyl adjacent to an activating group) is 1. The van der Waals surface area contributed by atoms with Gasteiger partial charge in [0, 0.05) is 25.8 Å². The Hall–Kier alpha value is -1.06. The lowest BCUT2D eigenvalue weighted by Gasteiger charge is -2.24. The minimum absolute atomic E-state index is 0.365. The molecule has 0 aromatic heterocycles. The number of nitrogens with zero attached hydrogens (tertiary/aromatic N) is 1. The zero-order valence-electron chi connectivity index (χ0n) is 14.0. The second kappa shape index (κ2) is 7.81. The molecular formula is C18H30N2O. The van der Waals surface area contributed by atoms with E-state index in [1.807, 2.05) is 0 Å². The summed E-state index contributed by atoms with van der Waals surface area (Å²) in [5.74, 6) is 0. The van der Waals surface area contributed by atoms with E-state index in [0.717, 1.165) is 19.6 Å². The molecule has 2 atom stereocenters. The highest BCUT2D eigenvalue weighted by Crippen LogP contribution is 2.23. The molecule has 0 saturated carbocycles. The van der Waals surface area contributed by atoms with Gasteiger partial charge in [-0.05, 0) is 62.9 Å². The van der Waals surface area contributed by atoms with E-state index in [9.17, 15) is 0 Å². The highest BCUT2D eigenvalue weighted by molar-refractivity contribution is 5.50. The lowest BCUT2D eigenvalue weighted by molar-refractivity contribution is 0.0501. The van der Waals surface area contributed by atoms with E-state index in [4.69, 9.17) is 4.74 Å². The molecule has 1 heterocycles. The largest absolute Gasteiger partial charge is 0.372 e. The fourth-order valence-corrected chi connectivity index (χ4v) is 3.09. The summed E-state index contributed by atoms with van der Waals surface area (Å²) in [6.07, 6.45) is 4.31. The van der Waals surface area contributed by atoms with E-state index in [0.29, 0.717) is 12.2 Å². The van der Waals surface area contributed by atoms with Crippen molar-refractivity contribution in [3.05, 3.63) is 29.3 Å². The van der Waals surface area contributed by atoms with Crippen molar-refractivity contribution in [3.63, 3.8) is 0 Å². The van der Waals surface area contributed by atoms with Crippen LogP contribution in [0, 0.1) is 13.8 Å². The zero-order chi connectivity index (χ0) is 15.2. The number of nitrogens with one attached hydrogen (secondary N) is 1. The SMILES string of the molecule is CCCNCC1CCC(CN(C)c2cc(C)cc(C)c2)O1. The molecule has 21 heavy (non-hydrogen) atoms. The average molecular weight is 290 g/mol. The van der Waals surface area contributed by atoms with Gasteiger partial charge in [0.2, 0.25) is 0 Å². The van der Waals surface area contributed by atoms with Crippen LogP contribution in [0.4, 0.5) is 5.69 Å². The Morgan fingerprint density at radius 3 is 2.48 bits per heavy atom. The van der Waals surface area contributed by atoms with Crippen molar-refractivity contribution < 1.29 is 4.74 Å². The Labute approximate surface area is 129 Å². The molecule has 3 heteroatoms. The fourth-order valence-electron chi connectivity index (χ4n) is 3.09. The molecular weight excluding hydrogens is 260 g/mol. The number of hydrogen-bond acceptors (Lipinski definition) is 3. The summed E-state index contributed by atoms with van der Waals surface area (Å²) in [5.41, 5.74) is 3.94. The van der Waals surface area contributed by atoms with Gasteiger partial charge in [-0.15, -0.1) is 0 Å². The summed E-state index contributed by atoms with van der Waals surface area (Å²) in [7, 11) is 2.17. The van der Waals surface area contributed by atoms with Crippen molar-refractivity contribution in [1.82, 2.24) is 5.32 Å². The Kier molecular flexibility index (Phi) is 6.07. The van der Waals surface area contributed by atoms with Crippen molar-refractivity contribution in [3.8, 4) is 0 Å². The Morgan fingerprint density at radius 1 is 1.14 bits per heavy atom. The smallest absolute Gasteiger partial charge is 0.0755 e. The van der Waals surface area contributed by atoms with Crippen LogP contribution in [0.3, 0.4) is 0 Å². The maximum absolute atomic E-state index is 6.16. The number of hydrogen-bond donors (Lipinski definition) is 1. The van der Waals surface area contributed by atoms with Crippen LogP contribution < -0.4 is 10.2 Å². The van der Waals surface area contributed by atoms with Gasteiger partial charge in [0.1, 0.15) is 0 Å². The minimum atomic E-state index is 0.365. The quantitative estimate of drug-likeness (QED) is 0.780. The van der Waals surface area contributed by atoms with Crippen LogP contribution in [-0.2, 0) is 4.74 Å². The third kappa shape index (κ3) is 5.01. The van der Waals surface area contributed by atoms with Crippen LogP contribution in [0.15, 0.2) is 18.2 Å². The van der Waals surface area contributed by atoms with E-state index >= 15 is 0 Å². The van der Waals surface area contributed by atoms with Crippen molar-refractivity contribution >= 4 is 5.69 Å². The third-order valence-electron chi connectivity index (χ3n) is 4.12. The second-order valence-electron chi connectivity index (χ2n) is 6.39. The standard InChI is InChI=1S/C18H30N2O/c1-5-8-19-12-17-6-7-18(21-17)13-20(4)16-10-14(2)9-15(3)11-16/h9-11,17-19H,5-8,12-13H2,1-4H3. The van der Waals surface area contributed by atoms with E-state index in [-0.39, 0.29) is 0 Å². The molecule has 2 rings (SSSR count). The summed E-state index contributed by atoms with van der Waals surface area (Å²) < 4.78 is 6.16. The van der Waals surface area contributed by atoms with Crippen molar-refractivity contribution in [2.75, 3.05) is 31.6 Å². The van der Waals surface area contributed by atoms with Gasteiger partial charge in [-0.25, -0.2) is 0 Å². The monoisotopic (exact) mass is 290 g/mol. The first-order valence-corrected chi connectivity index (χ1v) is 8.24. The first-order valence-electron chi connectivity index (χ1n) is 8.24. The first-order chi connectivity index (χ1) is 10.1. The van der Waals surface area contributed by atoms with Gasteiger partial charge in [0.05, 0.1) is 12.2 Å². The normalized spacial score (nSPS) is 21.7.